The van der Waals surface area contributed by atoms with E-state index >= 15 is 0 Å². The Balaban J connectivity index is 2.11. The van der Waals surface area contributed by atoms with E-state index in [1.165, 1.54) is 25.1 Å². The van der Waals surface area contributed by atoms with Crippen LogP contribution in [0.15, 0.2) is 24.5 Å². The number of rotatable bonds is 4. The molecule has 16 heavy (non-hydrogen) atoms. The summed E-state index contributed by atoms with van der Waals surface area (Å²) < 4.78 is 0. The lowest BCUT2D eigenvalue weighted by molar-refractivity contribution is 0.365. The van der Waals surface area contributed by atoms with E-state index in [1.54, 1.807) is 0 Å². The lowest BCUT2D eigenvalue weighted by Crippen LogP contribution is -2.26. The molecule has 1 saturated heterocycles. The summed E-state index contributed by atoms with van der Waals surface area (Å²) in [5.41, 5.74) is 1.42. The number of likely N-dealkylation sites (tertiary alicyclic amines) is 1. The molecule has 1 aliphatic rings. The third-order valence-electron chi connectivity index (χ3n) is 3.56. The van der Waals surface area contributed by atoms with E-state index in [0.717, 1.165) is 12.5 Å². The van der Waals surface area contributed by atoms with E-state index in [2.05, 4.69) is 34.4 Å². The normalized spacial score (nSPS) is 23.5. The van der Waals surface area contributed by atoms with Gasteiger partial charge in [-0.15, -0.1) is 0 Å². The van der Waals surface area contributed by atoms with Crippen LogP contribution in [0.2, 0.25) is 0 Å². The maximum absolute atomic E-state index is 4.10. The average molecular weight is 219 g/mol. The fourth-order valence-corrected chi connectivity index (χ4v) is 2.68. The van der Waals surface area contributed by atoms with Crippen LogP contribution in [0.1, 0.15) is 17.9 Å². The molecule has 0 aromatic carbocycles. The molecule has 1 aliphatic heterocycles. The number of nitrogens with one attached hydrogen (secondary N) is 1. The largest absolute Gasteiger partial charge is 0.319 e. The van der Waals surface area contributed by atoms with E-state index in [1.807, 2.05) is 19.4 Å². The van der Waals surface area contributed by atoms with Gasteiger partial charge in [0.25, 0.3) is 0 Å². The molecular formula is C13H21N3. The number of hydrogen-bond donors (Lipinski definition) is 1. The van der Waals surface area contributed by atoms with Crippen molar-refractivity contribution in [3.8, 4) is 0 Å². The fraction of sp³-hybridized carbons (Fsp3) is 0.615. The standard InChI is InChI=1S/C13H21N3/c1-14-9-13(11-3-6-15-7-4-11)12-5-8-16(2)10-12/h3-4,6-7,12-14H,5,8-10H2,1-2H3. The van der Waals surface area contributed by atoms with Crippen molar-refractivity contribution in [2.45, 2.75) is 12.3 Å². The second-order valence-electron chi connectivity index (χ2n) is 4.76. The molecule has 0 aliphatic carbocycles. The molecule has 2 unspecified atom stereocenters. The van der Waals surface area contributed by atoms with Crippen LogP contribution < -0.4 is 5.32 Å². The summed E-state index contributed by atoms with van der Waals surface area (Å²) in [5, 5.41) is 3.32. The summed E-state index contributed by atoms with van der Waals surface area (Å²) in [5.74, 6) is 1.40. The summed E-state index contributed by atoms with van der Waals surface area (Å²) in [6.07, 6.45) is 5.11. The molecule has 2 heterocycles. The van der Waals surface area contributed by atoms with Gasteiger partial charge in [-0.05, 0) is 50.7 Å². The SMILES string of the molecule is CNCC(c1ccncc1)C1CCN(C)C1. The van der Waals surface area contributed by atoms with Crippen molar-refractivity contribution in [3.05, 3.63) is 30.1 Å². The van der Waals surface area contributed by atoms with Crippen LogP contribution in [0, 0.1) is 5.92 Å². The van der Waals surface area contributed by atoms with Gasteiger partial charge in [0.1, 0.15) is 0 Å². The maximum atomic E-state index is 4.10. The minimum atomic E-state index is 0.623. The molecule has 0 amide bonds. The zero-order chi connectivity index (χ0) is 11.4. The van der Waals surface area contributed by atoms with Crippen LogP contribution in [-0.4, -0.2) is 43.6 Å². The Bertz CT molecular complexity index is 312. The highest BCUT2D eigenvalue weighted by Gasteiger charge is 2.28. The molecule has 2 rings (SSSR count). The zero-order valence-electron chi connectivity index (χ0n) is 10.2. The van der Waals surface area contributed by atoms with Crippen LogP contribution in [0.4, 0.5) is 0 Å². The molecule has 0 spiro atoms. The number of pyridine rings is 1. The highest BCUT2D eigenvalue weighted by atomic mass is 15.1. The van der Waals surface area contributed by atoms with E-state index in [4.69, 9.17) is 0 Å². The van der Waals surface area contributed by atoms with Crippen molar-refractivity contribution in [2.75, 3.05) is 33.7 Å². The van der Waals surface area contributed by atoms with Crippen LogP contribution in [0.3, 0.4) is 0 Å². The molecule has 3 heteroatoms. The molecule has 0 bridgehead atoms. The van der Waals surface area contributed by atoms with Crippen LogP contribution in [0.5, 0.6) is 0 Å². The molecule has 2 atom stereocenters. The maximum Gasteiger partial charge on any atom is 0.0270 e. The predicted octanol–water partition coefficient (Wildman–Crippen LogP) is 1.34. The molecule has 1 aromatic heterocycles. The van der Waals surface area contributed by atoms with Crippen molar-refractivity contribution in [1.82, 2.24) is 15.2 Å². The van der Waals surface area contributed by atoms with E-state index < -0.39 is 0 Å². The molecule has 1 aromatic rings. The van der Waals surface area contributed by atoms with Gasteiger partial charge in [-0.25, -0.2) is 0 Å². The topological polar surface area (TPSA) is 28.2 Å². The summed E-state index contributed by atoms with van der Waals surface area (Å²) in [6.45, 7) is 3.51. The first-order chi connectivity index (χ1) is 7.81. The summed E-state index contributed by atoms with van der Waals surface area (Å²) in [4.78, 5) is 6.52. The van der Waals surface area contributed by atoms with Gasteiger partial charge in [0, 0.05) is 31.4 Å². The molecule has 88 valence electrons. The van der Waals surface area contributed by atoms with Crippen LogP contribution in [-0.2, 0) is 0 Å². The highest BCUT2D eigenvalue weighted by molar-refractivity contribution is 5.18. The quantitative estimate of drug-likeness (QED) is 0.828. The lowest BCUT2D eigenvalue weighted by Gasteiger charge is -2.23. The Morgan fingerprint density at radius 2 is 2.25 bits per heavy atom. The molecule has 1 fully saturated rings. The number of likely N-dealkylation sites (N-methyl/N-ethyl adjacent to an activating group) is 1. The predicted molar refractivity (Wildman–Crippen MR) is 66.5 cm³/mol. The Morgan fingerprint density at radius 1 is 1.50 bits per heavy atom. The minimum Gasteiger partial charge on any atom is -0.319 e. The van der Waals surface area contributed by atoms with E-state index in [-0.39, 0.29) is 0 Å². The summed E-state index contributed by atoms with van der Waals surface area (Å²) >= 11 is 0. The van der Waals surface area contributed by atoms with Crippen molar-refractivity contribution < 1.29 is 0 Å². The monoisotopic (exact) mass is 219 g/mol. The van der Waals surface area contributed by atoms with Crippen molar-refractivity contribution in [3.63, 3.8) is 0 Å². The van der Waals surface area contributed by atoms with Crippen LogP contribution >= 0.6 is 0 Å². The number of aromatic nitrogens is 1. The van der Waals surface area contributed by atoms with Crippen molar-refractivity contribution in [2.24, 2.45) is 5.92 Å². The molecule has 1 N–H and O–H groups in total. The lowest BCUT2D eigenvalue weighted by atomic mass is 9.86. The first-order valence-corrected chi connectivity index (χ1v) is 6.04. The minimum absolute atomic E-state index is 0.623. The Kier molecular flexibility index (Phi) is 3.91. The molecular weight excluding hydrogens is 198 g/mol. The van der Waals surface area contributed by atoms with Gasteiger partial charge in [0.15, 0.2) is 0 Å². The van der Waals surface area contributed by atoms with Gasteiger partial charge in [-0.2, -0.15) is 0 Å². The van der Waals surface area contributed by atoms with E-state index in [0.29, 0.717) is 5.92 Å². The van der Waals surface area contributed by atoms with E-state index in [9.17, 15) is 0 Å². The third-order valence-corrected chi connectivity index (χ3v) is 3.56. The Hall–Kier alpha value is -0.930. The first-order valence-electron chi connectivity index (χ1n) is 6.04. The van der Waals surface area contributed by atoms with Gasteiger partial charge in [-0.1, -0.05) is 0 Å². The highest BCUT2D eigenvalue weighted by Crippen LogP contribution is 2.30. The van der Waals surface area contributed by atoms with Crippen molar-refractivity contribution >= 4 is 0 Å². The fourth-order valence-electron chi connectivity index (χ4n) is 2.68. The molecule has 3 nitrogen and oxygen atoms in total. The Labute approximate surface area is 97.9 Å². The summed E-state index contributed by atoms with van der Waals surface area (Å²) in [7, 11) is 4.25. The van der Waals surface area contributed by atoms with Gasteiger partial charge in [0.05, 0.1) is 0 Å². The van der Waals surface area contributed by atoms with Gasteiger partial charge in [-0.3, -0.25) is 4.98 Å². The van der Waals surface area contributed by atoms with Gasteiger partial charge in [0.2, 0.25) is 0 Å². The summed E-state index contributed by atoms with van der Waals surface area (Å²) in [6, 6.07) is 4.31. The molecule has 0 saturated carbocycles. The number of hydrogen-bond acceptors (Lipinski definition) is 3. The second-order valence-corrected chi connectivity index (χ2v) is 4.76. The van der Waals surface area contributed by atoms with Crippen LogP contribution in [0.25, 0.3) is 0 Å². The van der Waals surface area contributed by atoms with Crippen molar-refractivity contribution in [1.29, 1.82) is 0 Å². The van der Waals surface area contributed by atoms with Gasteiger partial charge < -0.3 is 10.2 Å². The average Bonchev–Trinajstić information content (AvgIpc) is 2.74. The first kappa shape index (κ1) is 11.6. The van der Waals surface area contributed by atoms with Gasteiger partial charge >= 0.3 is 0 Å². The molecule has 0 radical (unpaired) electrons. The number of nitrogens with zero attached hydrogens (tertiary/aromatic N) is 2. The second kappa shape index (κ2) is 5.41. The zero-order valence-corrected chi connectivity index (χ0v) is 10.2. The third kappa shape index (κ3) is 2.60. The Morgan fingerprint density at radius 3 is 2.81 bits per heavy atom. The smallest absolute Gasteiger partial charge is 0.0270 e.